The zero-order valence-electron chi connectivity index (χ0n) is 15.5. The van der Waals surface area contributed by atoms with Crippen LogP contribution in [-0.4, -0.2) is 42.5 Å². The summed E-state index contributed by atoms with van der Waals surface area (Å²) >= 11 is 0. The van der Waals surface area contributed by atoms with Gasteiger partial charge in [0.1, 0.15) is 5.75 Å². The Kier molecular flexibility index (Phi) is 4.22. The average molecular weight is 357 g/mol. The smallest absolute Gasteiger partial charge is 0.410 e. The normalized spacial score (nSPS) is 35.1. The van der Waals surface area contributed by atoms with E-state index >= 15 is 0 Å². The van der Waals surface area contributed by atoms with Gasteiger partial charge in [-0.15, -0.1) is 6.58 Å². The maximum absolute atomic E-state index is 12.6. The Bertz CT molecular complexity index is 733. The highest BCUT2D eigenvalue weighted by Gasteiger charge is 2.59. The van der Waals surface area contributed by atoms with E-state index < -0.39 is 5.60 Å². The second-order valence-corrected chi connectivity index (χ2v) is 7.83. The van der Waals surface area contributed by atoms with Crippen molar-refractivity contribution in [3.63, 3.8) is 0 Å². The third-order valence-corrected chi connectivity index (χ3v) is 6.87. The fourth-order valence-corrected chi connectivity index (χ4v) is 5.68. The molecule has 1 saturated carbocycles. The number of aryl methyl sites for hydroxylation is 1. The maximum atomic E-state index is 12.6. The first-order chi connectivity index (χ1) is 12.5. The molecule has 5 nitrogen and oxygen atoms in total. The van der Waals surface area contributed by atoms with Crippen LogP contribution in [0.5, 0.6) is 5.75 Å². The van der Waals surface area contributed by atoms with Gasteiger partial charge in [0.25, 0.3) is 0 Å². The predicted molar refractivity (Wildman–Crippen MR) is 98.0 cm³/mol. The summed E-state index contributed by atoms with van der Waals surface area (Å²) in [5.41, 5.74) is 1.48. The van der Waals surface area contributed by atoms with Crippen molar-refractivity contribution in [1.82, 2.24) is 4.90 Å². The van der Waals surface area contributed by atoms with Crippen LogP contribution in [0.1, 0.15) is 36.4 Å². The summed E-state index contributed by atoms with van der Waals surface area (Å²) < 4.78 is 10.5. The van der Waals surface area contributed by atoms with Crippen molar-refractivity contribution in [2.75, 3.05) is 20.8 Å². The molecule has 5 heteroatoms. The van der Waals surface area contributed by atoms with Crippen molar-refractivity contribution in [1.29, 1.82) is 0 Å². The van der Waals surface area contributed by atoms with Crippen LogP contribution < -0.4 is 4.74 Å². The lowest BCUT2D eigenvalue weighted by Crippen LogP contribution is -2.61. The lowest BCUT2D eigenvalue weighted by molar-refractivity contribution is -0.122. The fraction of sp³-hybridized carbons (Fsp3) is 0.571. The quantitative estimate of drug-likeness (QED) is 0.825. The number of amides is 1. The molecule has 1 N–H and O–H groups in total. The standard InChI is InChI=1S/C21H27NO4/c1-4-14-7-10-18-16-9-6-13-5-8-15(25-2)11-17(13)19(16)22(20(23)26-3)12-21(14,18)24/h4-5,8,11,14,16,18-19,24H,1,6-7,9-10,12H2,2-3H3/t14-,16+,18+,19-,21+/m0/s1. The number of likely N-dealkylation sites (tertiary alicyclic amines) is 1. The number of hydrogen-bond donors (Lipinski definition) is 1. The van der Waals surface area contributed by atoms with Gasteiger partial charge in [0, 0.05) is 5.92 Å². The van der Waals surface area contributed by atoms with E-state index in [0.29, 0.717) is 6.54 Å². The second-order valence-electron chi connectivity index (χ2n) is 7.83. The number of β-amino-alcohol motifs (C(OH)–C–C–N with tert-alkyl or cyclic N) is 1. The summed E-state index contributed by atoms with van der Waals surface area (Å²) in [6.45, 7) is 4.21. The number of benzene rings is 1. The van der Waals surface area contributed by atoms with Crippen LogP contribution in [0, 0.1) is 17.8 Å². The molecule has 1 amide bonds. The zero-order valence-corrected chi connectivity index (χ0v) is 15.5. The van der Waals surface area contributed by atoms with Crippen LogP contribution >= 0.6 is 0 Å². The van der Waals surface area contributed by atoms with Crippen molar-refractivity contribution >= 4 is 6.09 Å². The van der Waals surface area contributed by atoms with Crippen molar-refractivity contribution in [3.05, 3.63) is 42.0 Å². The van der Waals surface area contributed by atoms with E-state index in [1.807, 2.05) is 18.2 Å². The van der Waals surface area contributed by atoms with Gasteiger partial charge in [0.2, 0.25) is 0 Å². The van der Waals surface area contributed by atoms with Gasteiger partial charge in [-0.2, -0.15) is 0 Å². The molecule has 4 rings (SSSR count). The topological polar surface area (TPSA) is 59.0 Å². The van der Waals surface area contributed by atoms with E-state index in [-0.39, 0.29) is 29.9 Å². The first-order valence-corrected chi connectivity index (χ1v) is 9.39. The van der Waals surface area contributed by atoms with Crippen LogP contribution in [0.4, 0.5) is 4.79 Å². The number of piperidine rings is 1. The van der Waals surface area contributed by atoms with Gasteiger partial charge in [-0.3, -0.25) is 4.90 Å². The molecule has 2 aliphatic carbocycles. The van der Waals surface area contributed by atoms with Crippen molar-refractivity contribution < 1.29 is 19.4 Å². The number of methoxy groups -OCH3 is 2. The molecule has 140 valence electrons. The van der Waals surface area contributed by atoms with Crippen molar-refractivity contribution in [2.45, 2.75) is 37.3 Å². The van der Waals surface area contributed by atoms with E-state index in [9.17, 15) is 9.90 Å². The Morgan fingerprint density at radius 3 is 2.85 bits per heavy atom. The largest absolute Gasteiger partial charge is 0.497 e. The summed E-state index contributed by atoms with van der Waals surface area (Å²) in [7, 11) is 3.06. The Labute approximate surface area is 154 Å². The molecule has 0 spiro atoms. The number of fused-ring (bicyclic) bond motifs is 5. The highest BCUT2D eigenvalue weighted by Crippen LogP contribution is 2.57. The lowest BCUT2D eigenvalue weighted by atomic mass is 9.64. The average Bonchev–Trinajstić information content (AvgIpc) is 3.01. The minimum atomic E-state index is -0.909. The molecule has 1 heterocycles. The number of carbonyl (C=O) groups is 1. The van der Waals surface area contributed by atoms with E-state index in [1.165, 1.54) is 12.7 Å². The summed E-state index contributed by atoms with van der Waals surface area (Å²) in [5.74, 6) is 1.21. The van der Waals surface area contributed by atoms with Gasteiger partial charge in [0.15, 0.2) is 0 Å². The summed E-state index contributed by atoms with van der Waals surface area (Å²) in [6, 6.07) is 6.05. The van der Waals surface area contributed by atoms with Gasteiger partial charge in [-0.1, -0.05) is 12.1 Å². The number of aliphatic hydroxyl groups is 1. The van der Waals surface area contributed by atoms with Crippen LogP contribution in [0.3, 0.4) is 0 Å². The predicted octanol–water partition coefficient (Wildman–Crippen LogP) is 3.32. The van der Waals surface area contributed by atoms with E-state index in [2.05, 4.69) is 12.6 Å². The first kappa shape index (κ1) is 17.4. The molecule has 1 aromatic rings. The van der Waals surface area contributed by atoms with Crippen molar-refractivity contribution in [2.24, 2.45) is 17.8 Å². The number of nitrogens with zero attached hydrogens (tertiary/aromatic N) is 1. The number of hydrogen-bond acceptors (Lipinski definition) is 4. The van der Waals surface area contributed by atoms with E-state index in [0.717, 1.165) is 37.0 Å². The third-order valence-electron chi connectivity index (χ3n) is 6.87. The lowest BCUT2D eigenvalue weighted by Gasteiger charge is -2.54. The summed E-state index contributed by atoms with van der Waals surface area (Å²) in [5, 5.41) is 11.5. The highest BCUT2D eigenvalue weighted by molar-refractivity contribution is 5.69. The van der Waals surface area contributed by atoms with Gasteiger partial charge in [-0.25, -0.2) is 4.79 Å². The Morgan fingerprint density at radius 2 is 2.15 bits per heavy atom. The number of ether oxygens (including phenoxy) is 2. The maximum Gasteiger partial charge on any atom is 0.410 e. The molecule has 0 aromatic heterocycles. The third kappa shape index (κ3) is 2.37. The molecule has 1 aliphatic heterocycles. The molecule has 2 fully saturated rings. The first-order valence-electron chi connectivity index (χ1n) is 9.39. The Hall–Kier alpha value is -2.01. The molecule has 0 unspecified atom stereocenters. The second kappa shape index (κ2) is 6.31. The Morgan fingerprint density at radius 1 is 1.35 bits per heavy atom. The molecule has 5 atom stereocenters. The van der Waals surface area contributed by atoms with Gasteiger partial charge < -0.3 is 14.6 Å². The molecule has 1 aromatic carbocycles. The van der Waals surface area contributed by atoms with Crippen LogP contribution in [0.2, 0.25) is 0 Å². The van der Waals surface area contributed by atoms with Crippen LogP contribution in [-0.2, 0) is 11.2 Å². The fourth-order valence-electron chi connectivity index (χ4n) is 5.68. The van der Waals surface area contributed by atoms with Crippen molar-refractivity contribution in [3.8, 4) is 5.75 Å². The van der Waals surface area contributed by atoms with E-state index in [4.69, 9.17) is 9.47 Å². The molecule has 1 saturated heterocycles. The minimum absolute atomic E-state index is 0.0207. The molecule has 3 aliphatic rings. The Balaban J connectivity index is 1.82. The summed E-state index contributed by atoms with van der Waals surface area (Å²) in [4.78, 5) is 14.4. The van der Waals surface area contributed by atoms with Gasteiger partial charge >= 0.3 is 6.09 Å². The SMILES string of the molecule is C=C[C@H]1CC[C@@H]2[C@H]3CCc4ccc(OC)cc4[C@H]3N(C(=O)OC)C[C@]21O. The molecular weight excluding hydrogens is 330 g/mol. The molecular formula is C21H27NO4. The molecule has 0 bridgehead atoms. The molecule has 0 radical (unpaired) electrons. The summed E-state index contributed by atoms with van der Waals surface area (Å²) in [6.07, 6.45) is 5.30. The monoisotopic (exact) mass is 357 g/mol. The van der Waals surface area contributed by atoms with Gasteiger partial charge in [-0.05, 0) is 60.8 Å². The minimum Gasteiger partial charge on any atom is -0.497 e. The van der Waals surface area contributed by atoms with Crippen LogP contribution in [0.25, 0.3) is 0 Å². The van der Waals surface area contributed by atoms with Crippen LogP contribution in [0.15, 0.2) is 30.9 Å². The van der Waals surface area contributed by atoms with E-state index in [1.54, 1.807) is 12.0 Å². The highest BCUT2D eigenvalue weighted by atomic mass is 16.5. The van der Waals surface area contributed by atoms with Gasteiger partial charge in [0.05, 0.1) is 32.4 Å². The zero-order chi connectivity index (χ0) is 18.5. The molecule has 26 heavy (non-hydrogen) atoms. The number of rotatable bonds is 2. The number of carbonyl (C=O) groups excluding carboxylic acids is 1.